The van der Waals surface area contributed by atoms with Gasteiger partial charge in [0.2, 0.25) is 5.95 Å². The van der Waals surface area contributed by atoms with E-state index in [0.717, 1.165) is 34.8 Å². The van der Waals surface area contributed by atoms with Crippen molar-refractivity contribution in [3.05, 3.63) is 63.2 Å². The van der Waals surface area contributed by atoms with Crippen molar-refractivity contribution in [1.82, 2.24) is 19.7 Å². The smallest absolute Gasteiger partial charge is 0.256 e. The van der Waals surface area contributed by atoms with E-state index in [1.165, 1.54) is 10.5 Å². The molecule has 2 aromatic heterocycles. The number of nitrogens with zero attached hydrogens (tertiary/aromatic N) is 4. The van der Waals surface area contributed by atoms with E-state index in [1.807, 2.05) is 22.9 Å². The fourth-order valence-corrected chi connectivity index (χ4v) is 5.47. The Labute approximate surface area is 196 Å². The highest BCUT2D eigenvalue weighted by Crippen LogP contribution is 2.46. The molecule has 3 aromatic rings. The Balaban J connectivity index is 1.54. The Hall–Kier alpha value is -3.04. The molecule has 0 unspecified atom stereocenters. The first-order chi connectivity index (χ1) is 16.1. The van der Waals surface area contributed by atoms with Gasteiger partial charge in [-0.25, -0.2) is 4.68 Å². The summed E-state index contributed by atoms with van der Waals surface area (Å²) in [4.78, 5) is 21.4. The van der Waals surface area contributed by atoms with Crippen LogP contribution in [0.3, 0.4) is 0 Å². The molecule has 0 atom stereocenters. The molecular weight excluding hydrogens is 438 g/mol. The average molecular weight is 466 g/mol. The van der Waals surface area contributed by atoms with Gasteiger partial charge in [0.15, 0.2) is 0 Å². The number of fused-ring (bicyclic) bond motifs is 2. The molecule has 0 radical (unpaired) electrons. The number of methoxy groups -OCH3 is 1. The van der Waals surface area contributed by atoms with Crippen LogP contribution in [-0.2, 0) is 11.2 Å². The number of nitrogens with one attached hydrogen (secondary N) is 1. The fraction of sp³-hybridized carbons (Fsp3) is 0.375. The van der Waals surface area contributed by atoms with Crippen LogP contribution in [0.15, 0.2) is 46.5 Å². The molecule has 0 saturated carbocycles. The van der Waals surface area contributed by atoms with Crippen LogP contribution in [0.4, 0.5) is 5.95 Å². The molecule has 0 spiro atoms. The maximum absolute atomic E-state index is 12.8. The number of pyridine rings is 1. The standard InChI is InChI=1S/C24H27N5O3S/c1-15(2)29-24(26-14-27-29)28-13-19-18-12-17(4-5-20(18)32-11-8-21(19)33-28)22-16(7-10-31-3)6-9-25-23(22)30/h4-6,9,12,14-15H,7-8,10-11,13H2,1-3H3,(H,25,30). The second-order valence-electron chi connectivity index (χ2n) is 8.39. The van der Waals surface area contributed by atoms with Crippen molar-refractivity contribution in [1.29, 1.82) is 0 Å². The van der Waals surface area contributed by atoms with Gasteiger partial charge in [-0.15, -0.1) is 0 Å². The second-order valence-corrected chi connectivity index (χ2v) is 9.50. The lowest BCUT2D eigenvalue weighted by atomic mass is 9.95. The van der Waals surface area contributed by atoms with Gasteiger partial charge in [0.1, 0.15) is 12.1 Å². The lowest BCUT2D eigenvalue weighted by Gasteiger charge is -2.20. The zero-order valence-electron chi connectivity index (χ0n) is 19.0. The number of rotatable bonds is 6. The predicted molar refractivity (Wildman–Crippen MR) is 130 cm³/mol. The van der Waals surface area contributed by atoms with Gasteiger partial charge in [-0.3, -0.25) is 9.10 Å². The summed E-state index contributed by atoms with van der Waals surface area (Å²) >= 11 is 1.71. The van der Waals surface area contributed by atoms with Crippen molar-refractivity contribution in [2.45, 2.75) is 32.7 Å². The third-order valence-corrected chi connectivity index (χ3v) is 7.11. The van der Waals surface area contributed by atoms with Crippen molar-refractivity contribution in [2.24, 2.45) is 0 Å². The minimum absolute atomic E-state index is 0.0974. The van der Waals surface area contributed by atoms with Crippen molar-refractivity contribution >= 4 is 23.5 Å². The SMILES string of the molecule is COCCc1cc[nH]c(=O)c1-c1ccc2c(c1)C1=C(CCO2)SN(c2ncnn2C(C)C)C1. The molecule has 0 fully saturated rings. The highest BCUT2D eigenvalue weighted by Gasteiger charge is 2.31. The molecule has 2 aliphatic rings. The Morgan fingerprint density at radius 2 is 2.18 bits per heavy atom. The van der Waals surface area contributed by atoms with Crippen LogP contribution in [-0.4, -0.2) is 46.6 Å². The van der Waals surface area contributed by atoms with Crippen LogP contribution in [0.1, 0.15) is 37.4 Å². The van der Waals surface area contributed by atoms with E-state index < -0.39 is 0 Å². The molecule has 2 aliphatic heterocycles. The molecule has 0 saturated heterocycles. The summed E-state index contributed by atoms with van der Waals surface area (Å²) in [6.07, 6.45) is 4.81. The van der Waals surface area contributed by atoms with Gasteiger partial charge in [0.25, 0.3) is 5.56 Å². The minimum Gasteiger partial charge on any atom is -0.493 e. The molecule has 0 bridgehead atoms. The van der Waals surface area contributed by atoms with Crippen molar-refractivity contribution in [3.63, 3.8) is 0 Å². The van der Waals surface area contributed by atoms with Gasteiger partial charge >= 0.3 is 0 Å². The summed E-state index contributed by atoms with van der Waals surface area (Å²) in [6.45, 7) is 6.08. The molecule has 5 rings (SSSR count). The summed E-state index contributed by atoms with van der Waals surface area (Å²) in [5.41, 5.74) is 4.69. The molecule has 1 aromatic carbocycles. The Morgan fingerprint density at radius 1 is 1.30 bits per heavy atom. The zero-order chi connectivity index (χ0) is 22.9. The summed E-state index contributed by atoms with van der Waals surface area (Å²) in [5.74, 6) is 1.70. The van der Waals surface area contributed by atoms with Gasteiger partial charge in [0, 0.05) is 30.2 Å². The summed E-state index contributed by atoms with van der Waals surface area (Å²) in [6, 6.07) is 8.22. The van der Waals surface area contributed by atoms with E-state index in [4.69, 9.17) is 9.47 Å². The fourth-order valence-electron chi connectivity index (χ4n) is 4.34. The van der Waals surface area contributed by atoms with Crippen LogP contribution in [0.25, 0.3) is 16.7 Å². The quantitative estimate of drug-likeness (QED) is 0.550. The largest absolute Gasteiger partial charge is 0.493 e. The normalized spacial score (nSPS) is 15.5. The molecule has 0 aliphatic carbocycles. The highest BCUT2D eigenvalue weighted by molar-refractivity contribution is 8.04. The number of anilines is 1. The molecule has 0 amide bonds. The van der Waals surface area contributed by atoms with Crippen LogP contribution < -0.4 is 14.6 Å². The van der Waals surface area contributed by atoms with Crippen LogP contribution in [0.2, 0.25) is 0 Å². The molecular formula is C24H27N5O3S. The number of hydrogen-bond acceptors (Lipinski definition) is 7. The number of aromatic amines is 1. The predicted octanol–water partition coefficient (Wildman–Crippen LogP) is 4.07. The molecule has 4 heterocycles. The van der Waals surface area contributed by atoms with E-state index in [1.54, 1.807) is 31.6 Å². The van der Waals surface area contributed by atoms with Crippen molar-refractivity contribution in [2.75, 3.05) is 31.2 Å². The van der Waals surface area contributed by atoms with E-state index in [2.05, 4.69) is 39.3 Å². The maximum Gasteiger partial charge on any atom is 0.256 e. The molecule has 8 nitrogen and oxygen atoms in total. The van der Waals surface area contributed by atoms with Crippen molar-refractivity contribution in [3.8, 4) is 16.9 Å². The first-order valence-corrected chi connectivity index (χ1v) is 11.9. The minimum atomic E-state index is -0.0974. The van der Waals surface area contributed by atoms with E-state index in [-0.39, 0.29) is 11.6 Å². The number of aromatic nitrogens is 4. The number of hydrogen-bond donors (Lipinski definition) is 1. The third kappa shape index (κ3) is 4.06. The Morgan fingerprint density at radius 3 is 3.00 bits per heavy atom. The number of benzene rings is 1. The Bertz CT molecular complexity index is 1260. The van der Waals surface area contributed by atoms with Gasteiger partial charge in [-0.05, 0) is 67.1 Å². The van der Waals surface area contributed by atoms with E-state index in [9.17, 15) is 4.79 Å². The molecule has 172 valence electrons. The molecule has 9 heteroatoms. The zero-order valence-corrected chi connectivity index (χ0v) is 19.8. The summed E-state index contributed by atoms with van der Waals surface area (Å²) in [5, 5.41) is 4.40. The van der Waals surface area contributed by atoms with Gasteiger partial charge in [-0.1, -0.05) is 6.07 Å². The summed E-state index contributed by atoms with van der Waals surface area (Å²) in [7, 11) is 1.67. The Kier molecular flexibility index (Phi) is 5.99. The first-order valence-electron chi connectivity index (χ1n) is 11.1. The van der Waals surface area contributed by atoms with Crippen LogP contribution in [0.5, 0.6) is 5.75 Å². The van der Waals surface area contributed by atoms with E-state index in [0.29, 0.717) is 31.7 Å². The monoisotopic (exact) mass is 465 g/mol. The number of H-pyrrole nitrogens is 1. The van der Waals surface area contributed by atoms with Gasteiger partial charge < -0.3 is 14.5 Å². The number of ether oxygens (including phenoxy) is 2. The van der Waals surface area contributed by atoms with E-state index >= 15 is 0 Å². The average Bonchev–Trinajstić information content (AvgIpc) is 3.42. The molecule has 33 heavy (non-hydrogen) atoms. The molecule has 1 N–H and O–H groups in total. The highest BCUT2D eigenvalue weighted by atomic mass is 32.2. The van der Waals surface area contributed by atoms with Crippen molar-refractivity contribution < 1.29 is 9.47 Å². The lowest BCUT2D eigenvalue weighted by Crippen LogP contribution is -2.19. The maximum atomic E-state index is 12.8. The lowest BCUT2D eigenvalue weighted by molar-refractivity contribution is 0.202. The van der Waals surface area contributed by atoms with Crippen LogP contribution in [0, 0.1) is 0 Å². The third-order valence-electron chi connectivity index (χ3n) is 5.93. The first kappa shape index (κ1) is 21.8. The van der Waals surface area contributed by atoms with Crippen LogP contribution >= 0.6 is 11.9 Å². The second kappa shape index (κ2) is 9.07. The topological polar surface area (TPSA) is 85.3 Å². The van der Waals surface area contributed by atoms with Gasteiger partial charge in [0.05, 0.1) is 31.4 Å². The van der Waals surface area contributed by atoms with Gasteiger partial charge in [-0.2, -0.15) is 10.1 Å². The summed E-state index contributed by atoms with van der Waals surface area (Å²) < 4.78 is 15.5.